The molecule has 2 aliphatic rings. The minimum atomic E-state index is -0.638. The van der Waals surface area contributed by atoms with Gasteiger partial charge in [0.2, 0.25) is 11.0 Å². The zero-order valence-corrected chi connectivity index (χ0v) is 24.8. The van der Waals surface area contributed by atoms with Gasteiger partial charge in [-0.15, -0.1) is 10.2 Å². The van der Waals surface area contributed by atoms with Crippen LogP contribution in [0.4, 0.5) is 16.5 Å². The number of rotatable bonds is 7. The van der Waals surface area contributed by atoms with Gasteiger partial charge in [0.25, 0.3) is 5.69 Å². The maximum atomic E-state index is 13.6. The number of nitrogens with two attached hydrogens (primary N) is 1. The number of ketones is 1. The number of amides is 1. The summed E-state index contributed by atoms with van der Waals surface area (Å²) in [5, 5.41) is 33.3. The molecule has 1 aromatic heterocycles. The molecule has 1 aliphatic carbocycles. The summed E-state index contributed by atoms with van der Waals surface area (Å²) in [5.74, 6) is -0.941. The third-order valence-corrected chi connectivity index (χ3v) is 9.13. The Morgan fingerprint density at radius 3 is 2.71 bits per heavy atom. The first kappa shape index (κ1) is 29.2. The minimum Gasteiger partial charge on any atom is -0.384 e. The highest BCUT2D eigenvalue weighted by Crippen LogP contribution is 2.50. The third-order valence-electron chi connectivity index (χ3n) is 6.84. The van der Waals surface area contributed by atoms with Crippen LogP contribution in [0, 0.1) is 26.9 Å². The third kappa shape index (κ3) is 5.87. The monoisotopic (exact) mass is 621 g/mol. The van der Waals surface area contributed by atoms with Crippen molar-refractivity contribution in [3.05, 3.63) is 91.9 Å². The molecule has 2 heterocycles. The molecule has 0 radical (unpaired) electrons. The maximum absolute atomic E-state index is 13.6. The van der Waals surface area contributed by atoms with Crippen LogP contribution in [0.2, 0.25) is 5.02 Å². The first-order valence-electron chi connectivity index (χ1n) is 12.7. The van der Waals surface area contributed by atoms with Gasteiger partial charge in [0, 0.05) is 40.5 Å². The fourth-order valence-corrected chi connectivity index (χ4v) is 6.90. The molecular weight excluding hydrogens is 598 g/mol. The summed E-state index contributed by atoms with van der Waals surface area (Å²) in [6.45, 7) is 4.01. The van der Waals surface area contributed by atoms with E-state index in [2.05, 4.69) is 21.6 Å². The first-order valence-corrected chi connectivity index (χ1v) is 14.9. The van der Waals surface area contributed by atoms with Crippen molar-refractivity contribution in [1.29, 1.82) is 5.26 Å². The highest BCUT2D eigenvalue weighted by atomic mass is 35.5. The molecule has 3 N–H and O–H groups in total. The number of nitrogens with one attached hydrogen (secondary N) is 1. The molecule has 14 heteroatoms. The Hall–Kier alpha value is -4.25. The van der Waals surface area contributed by atoms with Gasteiger partial charge in [-0.05, 0) is 35.6 Å². The van der Waals surface area contributed by atoms with Crippen molar-refractivity contribution >= 4 is 62.9 Å². The number of benzene rings is 2. The number of halogens is 1. The molecule has 0 bridgehead atoms. The number of nitriles is 1. The van der Waals surface area contributed by atoms with Gasteiger partial charge in [-0.2, -0.15) is 5.26 Å². The number of nitrogens with zero attached hydrogens (tertiary/aromatic N) is 5. The van der Waals surface area contributed by atoms with Crippen LogP contribution in [0.15, 0.2) is 75.5 Å². The van der Waals surface area contributed by atoms with Crippen molar-refractivity contribution in [1.82, 2.24) is 10.2 Å². The Labute approximate surface area is 254 Å². The molecule has 5 rings (SSSR count). The van der Waals surface area contributed by atoms with E-state index in [0.717, 1.165) is 17.3 Å². The average molecular weight is 622 g/mol. The summed E-state index contributed by atoms with van der Waals surface area (Å²) >= 11 is 8.42. The van der Waals surface area contributed by atoms with Crippen LogP contribution in [0.5, 0.6) is 0 Å². The normalized spacial score (nSPS) is 18.0. The lowest BCUT2D eigenvalue weighted by Crippen LogP contribution is -2.42. The molecule has 0 saturated carbocycles. The molecule has 214 valence electrons. The molecule has 0 fully saturated rings. The molecule has 0 spiro atoms. The fraction of sp³-hybridized carbons (Fsp3) is 0.250. The lowest BCUT2D eigenvalue weighted by molar-refractivity contribution is -0.384. The van der Waals surface area contributed by atoms with Crippen molar-refractivity contribution in [2.24, 2.45) is 11.1 Å². The molecular formula is C28H24ClN7O4S2. The highest BCUT2D eigenvalue weighted by Gasteiger charge is 2.45. The number of anilines is 2. The molecule has 3 aromatic rings. The number of nitro groups is 1. The van der Waals surface area contributed by atoms with Crippen molar-refractivity contribution in [2.75, 3.05) is 16.0 Å². The number of non-ortho nitro benzene ring substituents is 1. The van der Waals surface area contributed by atoms with E-state index >= 15 is 0 Å². The second kappa shape index (κ2) is 11.6. The molecule has 1 aliphatic heterocycles. The van der Waals surface area contributed by atoms with Gasteiger partial charge in [0.1, 0.15) is 5.82 Å². The number of Topliss-reactive ketones (excluding diaryl/α,β-unsaturated/α-hetero) is 1. The summed E-state index contributed by atoms with van der Waals surface area (Å²) in [6.07, 6.45) is 0.838. The van der Waals surface area contributed by atoms with Crippen molar-refractivity contribution < 1.29 is 14.5 Å². The maximum Gasteiger partial charge on any atom is 0.271 e. The lowest BCUT2D eigenvalue weighted by atomic mass is 9.69. The average Bonchev–Trinajstić information content (AvgIpc) is 3.39. The van der Waals surface area contributed by atoms with Crippen LogP contribution in [-0.2, 0) is 9.59 Å². The van der Waals surface area contributed by atoms with Crippen LogP contribution in [0.3, 0.4) is 0 Å². The molecule has 1 atom stereocenters. The Balaban J connectivity index is 1.43. The second-order valence-electron chi connectivity index (χ2n) is 10.5. The number of carbonyl (C=O) groups excluding carboxylic acids is 2. The Morgan fingerprint density at radius 2 is 2.02 bits per heavy atom. The number of hydrogen-bond acceptors (Lipinski definition) is 11. The van der Waals surface area contributed by atoms with Gasteiger partial charge in [-0.3, -0.25) is 24.6 Å². The lowest BCUT2D eigenvalue weighted by Gasteiger charge is -2.42. The number of carbonyl (C=O) groups is 2. The fourth-order valence-electron chi connectivity index (χ4n) is 5.09. The Kier molecular flexibility index (Phi) is 8.05. The van der Waals surface area contributed by atoms with E-state index in [0.29, 0.717) is 44.3 Å². The predicted molar refractivity (Wildman–Crippen MR) is 161 cm³/mol. The second-order valence-corrected chi connectivity index (χ2v) is 13.1. The van der Waals surface area contributed by atoms with E-state index in [1.165, 1.54) is 29.5 Å². The number of hydrogen-bond donors (Lipinski definition) is 2. The van der Waals surface area contributed by atoms with Crippen LogP contribution in [0.1, 0.15) is 38.2 Å². The summed E-state index contributed by atoms with van der Waals surface area (Å²) in [6, 6.07) is 14.9. The highest BCUT2D eigenvalue weighted by molar-refractivity contribution is 8.01. The molecule has 11 nitrogen and oxygen atoms in total. The van der Waals surface area contributed by atoms with Crippen molar-refractivity contribution in [2.45, 2.75) is 36.9 Å². The van der Waals surface area contributed by atoms with Crippen LogP contribution in [0.25, 0.3) is 0 Å². The van der Waals surface area contributed by atoms with E-state index < -0.39 is 10.8 Å². The summed E-state index contributed by atoms with van der Waals surface area (Å²) in [4.78, 5) is 38.3. The predicted octanol–water partition coefficient (Wildman–Crippen LogP) is 5.77. The molecule has 2 aromatic carbocycles. The molecule has 1 amide bonds. The smallest absolute Gasteiger partial charge is 0.271 e. The van der Waals surface area contributed by atoms with E-state index in [4.69, 9.17) is 17.3 Å². The van der Waals surface area contributed by atoms with Crippen molar-refractivity contribution in [3.63, 3.8) is 0 Å². The zero-order chi connectivity index (χ0) is 30.2. The quantitative estimate of drug-likeness (QED) is 0.188. The van der Waals surface area contributed by atoms with Gasteiger partial charge >= 0.3 is 0 Å². The summed E-state index contributed by atoms with van der Waals surface area (Å²) < 4.78 is 0.467. The summed E-state index contributed by atoms with van der Waals surface area (Å²) in [5.41, 5.74) is 8.61. The number of thioether (sulfide) groups is 1. The van der Waals surface area contributed by atoms with Gasteiger partial charge in [0.05, 0.1) is 28.2 Å². The number of allylic oxidation sites excluding steroid dienone is 3. The molecule has 42 heavy (non-hydrogen) atoms. The van der Waals surface area contributed by atoms with Gasteiger partial charge < -0.3 is 11.1 Å². The van der Waals surface area contributed by atoms with Crippen LogP contribution < -0.4 is 16.0 Å². The number of nitro benzene ring substituents is 1. The van der Waals surface area contributed by atoms with Gasteiger partial charge in [0.15, 0.2) is 10.1 Å². The Bertz CT molecular complexity index is 1710. The van der Waals surface area contributed by atoms with E-state index in [9.17, 15) is 25.0 Å². The largest absolute Gasteiger partial charge is 0.384 e. The van der Waals surface area contributed by atoms with Crippen molar-refractivity contribution in [3.8, 4) is 6.07 Å². The molecule has 1 unspecified atom stereocenters. The SMILES string of the molecule is CC1(C)CC(=O)C2=C(C1)N(c1nnc(SCC(=O)Nc3cccc([N+](=O)[O-])c3)s1)C(N)=C(C#N)C2c1ccc(Cl)cc1. The van der Waals surface area contributed by atoms with Gasteiger partial charge in [-0.25, -0.2) is 0 Å². The summed E-state index contributed by atoms with van der Waals surface area (Å²) in [7, 11) is 0. The Morgan fingerprint density at radius 1 is 1.29 bits per heavy atom. The number of aromatic nitrogens is 2. The van der Waals surface area contributed by atoms with E-state index in [1.54, 1.807) is 35.2 Å². The minimum absolute atomic E-state index is 0.0236. The molecule has 0 saturated heterocycles. The van der Waals surface area contributed by atoms with Crippen LogP contribution >= 0.6 is 34.7 Å². The van der Waals surface area contributed by atoms with E-state index in [-0.39, 0.29) is 39.9 Å². The topological polar surface area (TPSA) is 168 Å². The van der Waals surface area contributed by atoms with Crippen LogP contribution in [-0.4, -0.2) is 32.6 Å². The standard InChI is InChI=1S/C28H24ClN7O4S2/c1-28(2)11-20-24(21(37)12-28)23(15-6-8-16(29)9-7-15)19(13-30)25(31)35(20)26-33-34-27(42-26)41-14-22(38)32-17-4-3-5-18(10-17)36(39)40/h3-10,23H,11-12,14,31H2,1-2H3,(H,32,38). The van der Waals surface area contributed by atoms with E-state index in [1.807, 2.05) is 13.8 Å². The van der Waals surface area contributed by atoms with Gasteiger partial charge in [-0.1, -0.05) is 66.7 Å². The zero-order valence-electron chi connectivity index (χ0n) is 22.5. The first-order chi connectivity index (χ1) is 20.0.